The van der Waals surface area contributed by atoms with Crippen LogP contribution in [0.25, 0.3) is 0 Å². The van der Waals surface area contributed by atoms with Crippen molar-refractivity contribution in [3.05, 3.63) is 0 Å². The standard InChI is InChI=1S/C21H36N6O6.C5H10.C3H8.C2H7N/c1-11(2)24-14(28)10-23-20(33)26-16(21(4,5)6)19(32)27-9-7-8-13(27)18(31)25-12(3)15(29)17(22)30;1-5-3-2-4-5;2*1-3-2/h11-13,16H,7-10H2,1-6H3,(H2,22,30)(H,24,28)(H,25,31)(H2,23,26,33);5H,2-4H2,1H3;3H2,1-2H3;3H,1-2H3. The zero-order valence-electron chi connectivity index (χ0n) is 29.0. The van der Waals surface area contributed by atoms with Crippen molar-refractivity contribution in [3.63, 3.8) is 0 Å². The van der Waals surface area contributed by atoms with Crippen molar-refractivity contribution in [1.29, 1.82) is 0 Å². The van der Waals surface area contributed by atoms with Gasteiger partial charge in [-0.3, -0.25) is 24.0 Å². The van der Waals surface area contributed by atoms with Crippen LogP contribution in [-0.2, 0) is 24.0 Å². The number of nitrogens with zero attached hydrogens (tertiary/aromatic N) is 1. The van der Waals surface area contributed by atoms with Crippen molar-refractivity contribution in [2.45, 2.75) is 125 Å². The maximum atomic E-state index is 13.3. The number of primary amides is 1. The topological polar surface area (TPSA) is 192 Å². The Balaban J connectivity index is 0. The molecule has 1 saturated carbocycles. The summed E-state index contributed by atoms with van der Waals surface area (Å²) in [4.78, 5) is 74.3. The maximum absolute atomic E-state index is 13.3. The number of likely N-dealkylation sites (tertiary alicyclic amines) is 1. The molecule has 0 radical (unpaired) electrons. The third-order valence-electron chi connectivity index (χ3n) is 6.47. The number of hydrogen-bond donors (Lipinski definition) is 6. The first-order valence-corrected chi connectivity index (χ1v) is 15.7. The van der Waals surface area contributed by atoms with Crippen molar-refractivity contribution >= 4 is 35.4 Å². The highest BCUT2D eigenvalue weighted by atomic mass is 16.2. The molecule has 1 aliphatic carbocycles. The Hall–Kier alpha value is -3.22. The molecule has 3 atom stereocenters. The number of nitrogens with one attached hydrogen (secondary N) is 5. The Labute approximate surface area is 265 Å². The van der Waals surface area contributed by atoms with Gasteiger partial charge in [-0.15, -0.1) is 0 Å². The van der Waals surface area contributed by atoms with Gasteiger partial charge in [0.15, 0.2) is 0 Å². The Bertz CT molecular complexity index is 914. The fraction of sp³-hybridized carbons (Fsp3) is 0.806. The van der Waals surface area contributed by atoms with Crippen LogP contribution in [0.4, 0.5) is 4.79 Å². The normalized spacial score (nSPS) is 17.0. The van der Waals surface area contributed by atoms with E-state index in [0.29, 0.717) is 19.4 Å². The van der Waals surface area contributed by atoms with E-state index in [1.165, 1.54) is 37.5 Å². The van der Waals surface area contributed by atoms with E-state index in [1.54, 1.807) is 34.6 Å². The number of urea groups is 1. The zero-order valence-corrected chi connectivity index (χ0v) is 29.0. The molecule has 6 amide bonds. The van der Waals surface area contributed by atoms with Crippen LogP contribution >= 0.6 is 0 Å². The Kier molecular flexibility index (Phi) is 21.8. The minimum atomic E-state index is -1.16. The van der Waals surface area contributed by atoms with E-state index in [2.05, 4.69) is 47.4 Å². The average Bonchev–Trinajstić information content (AvgIpc) is 3.39. The average molecular weight is 628 g/mol. The van der Waals surface area contributed by atoms with Crippen molar-refractivity contribution in [1.82, 2.24) is 31.5 Å². The number of ketones is 1. The largest absolute Gasteiger partial charge is 0.363 e. The van der Waals surface area contributed by atoms with Crippen molar-refractivity contribution in [2.24, 2.45) is 17.1 Å². The smallest absolute Gasteiger partial charge is 0.315 e. The predicted molar refractivity (Wildman–Crippen MR) is 174 cm³/mol. The van der Waals surface area contributed by atoms with Crippen molar-refractivity contribution in [2.75, 3.05) is 27.2 Å². The molecular weight excluding hydrogens is 566 g/mol. The molecule has 3 unspecified atom stereocenters. The first kappa shape index (κ1) is 42.9. The highest BCUT2D eigenvalue weighted by Gasteiger charge is 2.42. The summed E-state index contributed by atoms with van der Waals surface area (Å²) in [5.74, 6) is -2.44. The molecule has 0 aromatic carbocycles. The molecule has 2 rings (SSSR count). The Morgan fingerprint density at radius 3 is 1.77 bits per heavy atom. The van der Waals surface area contributed by atoms with Crippen LogP contribution in [0, 0.1) is 11.3 Å². The van der Waals surface area contributed by atoms with E-state index >= 15 is 0 Å². The quantitative estimate of drug-likeness (QED) is 0.210. The molecule has 1 saturated heterocycles. The molecule has 2 aliphatic rings. The van der Waals surface area contributed by atoms with E-state index in [0.717, 1.165) is 5.92 Å². The number of carbonyl (C=O) groups excluding carboxylic acids is 6. The molecule has 7 N–H and O–H groups in total. The molecular formula is C31H61N7O6. The molecule has 13 heteroatoms. The summed E-state index contributed by atoms with van der Waals surface area (Å²) >= 11 is 0. The van der Waals surface area contributed by atoms with Crippen LogP contribution < -0.4 is 32.3 Å². The molecule has 0 spiro atoms. The van der Waals surface area contributed by atoms with Crippen LogP contribution in [0.5, 0.6) is 0 Å². The van der Waals surface area contributed by atoms with Crippen LogP contribution in [0.1, 0.15) is 101 Å². The number of carbonyl (C=O) groups is 6. The highest BCUT2D eigenvalue weighted by Crippen LogP contribution is 2.26. The van der Waals surface area contributed by atoms with Crippen molar-refractivity contribution in [3.8, 4) is 0 Å². The lowest BCUT2D eigenvalue weighted by atomic mass is 9.85. The van der Waals surface area contributed by atoms with E-state index in [9.17, 15) is 28.8 Å². The summed E-state index contributed by atoms with van der Waals surface area (Å²) in [7, 11) is 3.75. The van der Waals surface area contributed by atoms with Gasteiger partial charge in [-0.25, -0.2) is 4.79 Å². The second-order valence-corrected chi connectivity index (χ2v) is 12.7. The van der Waals surface area contributed by atoms with Gasteiger partial charge >= 0.3 is 6.03 Å². The minimum Gasteiger partial charge on any atom is -0.363 e. The van der Waals surface area contributed by atoms with Gasteiger partial charge in [0, 0.05) is 12.6 Å². The summed E-state index contributed by atoms with van der Waals surface area (Å²) < 4.78 is 0. The van der Waals surface area contributed by atoms with Crippen molar-refractivity contribution < 1.29 is 28.8 Å². The van der Waals surface area contributed by atoms with Gasteiger partial charge in [0.2, 0.25) is 23.5 Å². The summed E-state index contributed by atoms with van der Waals surface area (Å²) in [6, 6.07) is -3.73. The lowest BCUT2D eigenvalue weighted by Crippen LogP contribution is -2.60. The number of amides is 6. The molecule has 44 heavy (non-hydrogen) atoms. The maximum Gasteiger partial charge on any atom is 0.315 e. The van der Waals surface area contributed by atoms with E-state index in [-0.39, 0.29) is 18.5 Å². The second-order valence-electron chi connectivity index (χ2n) is 12.7. The Morgan fingerprint density at radius 2 is 1.39 bits per heavy atom. The van der Waals surface area contributed by atoms with Gasteiger partial charge in [-0.2, -0.15) is 0 Å². The first-order chi connectivity index (χ1) is 20.4. The van der Waals surface area contributed by atoms with Gasteiger partial charge in [-0.05, 0) is 59.0 Å². The van der Waals surface area contributed by atoms with Crippen LogP contribution in [0.2, 0.25) is 0 Å². The second kappa shape index (κ2) is 22.3. The molecule has 2 fully saturated rings. The van der Waals surface area contributed by atoms with E-state index in [4.69, 9.17) is 5.73 Å². The molecule has 0 bridgehead atoms. The van der Waals surface area contributed by atoms with Gasteiger partial charge in [-0.1, -0.05) is 67.2 Å². The van der Waals surface area contributed by atoms with Crippen LogP contribution in [-0.4, -0.2) is 91.7 Å². The summed E-state index contributed by atoms with van der Waals surface area (Å²) in [6.45, 7) is 16.8. The fourth-order valence-corrected chi connectivity index (χ4v) is 4.03. The highest BCUT2D eigenvalue weighted by molar-refractivity contribution is 6.37. The van der Waals surface area contributed by atoms with Crippen LogP contribution in [0.3, 0.4) is 0 Å². The third kappa shape index (κ3) is 17.8. The first-order valence-electron chi connectivity index (χ1n) is 15.7. The molecule has 0 aromatic heterocycles. The SMILES string of the molecule is CC(C)NC(=O)CNC(=O)NC(C(=O)N1CCCC1C(=O)NC(C)C(=O)C(N)=O)C(C)(C)C.CC1CCC1.CCC.CNC. The monoisotopic (exact) mass is 627 g/mol. The van der Waals surface area contributed by atoms with Gasteiger partial charge < -0.3 is 37.2 Å². The lowest BCUT2D eigenvalue weighted by Gasteiger charge is -2.35. The van der Waals surface area contributed by atoms with Gasteiger partial charge in [0.05, 0.1) is 12.6 Å². The van der Waals surface area contributed by atoms with E-state index < -0.39 is 53.1 Å². The fourth-order valence-electron chi connectivity index (χ4n) is 4.03. The van der Waals surface area contributed by atoms with E-state index in [1.807, 2.05) is 14.1 Å². The zero-order chi connectivity index (χ0) is 34.6. The van der Waals surface area contributed by atoms with Gasteiger partial charge in [0.25, 0.3) is 5.91 Å². The molecule has 13 nitrogen and oxygen atoms in total. The molecule has 0 aromatic rings. The van der Waals surface area contributed by atoms with Gasteiger partial charge in [0.1, 0.15) is 12.1 Å². The van der Waals surface area contributed by atoms with Crippen LogP contribution in [0.15, 0.2) is 0 Å². The Morgan fingerprint density at radius 1 is 0.886 bits per heavy atom. The predicted octanol–water partition coefficient (Wildman–Crippen LogP) is 1.83. The molecule has 256 valence electrons. The molecule has 1 aliphatic heterocycles. The summed E-state index contributed by atoms with van der Waals surface area (Å²) in [6.07, 6.45) is 6.63. The molecule has 1 heterocycles. The minimum absolute atomic E-state index is 0.0782. The number of rotatable bonds is 9. The number of nitrogens with two attached hydrogens (primary N) is 1. The number of Topliss-reactive ketones (excluding diaryl/α,β-unsaturated/α-hetero) is 1. The summed E-state index contributed by atoms with van der Waals surface area (Å²) in [5.41, 5.74) is 4.27. The summed E-state index contributed by atoms with van der Waals surface area (Å²) in [5, 5.41) is 12.9. The third-order valence-corrected chi connectivity index (χ3v) is 6.47. The number of hydrogen-bond acceptors (Lipinski definition) is 7. The lowest BCUT2D eigenvalue weighted by molar-refractivity contribution is -0.143.